The van der Waals surface area contributed by atoms with E-state index >= 15 is 0 Å². The summed E-state index contributed by atoms with van der Waals surface area (Å²) in [7, 11) is 3.60. The lowest BCUT2D eigenvalue weighted by Crippen LogP contribution is -2.32. The number of methoxy groups -OCH3 is 1. The topological polar surface area (TPSA) is 50.6 Å². The summed E-state index contributed by atoms with van der Waals surface area (Å²) in [6.45, 7) is 4.28. The lowest BCUT2D eigenvalue weighted by atomic mass is 10.0. The van der Waals surface area contributed by atoms with Crippen LogP contribution in [-0.4, -0.2) is 52.2 Å². The molecule has 6 heteroatoms. The molecule has 2 saturated heterocycles. The van der Waals surface area contributed by atoms with Crippen LogP contribution in [0.25, 0.3) is 0 Å². The van der Waals surface area contributed by atoms with Gasteiger partial charge in [0.1, 0.15) is 5.75 Å². The Morgan fingerprint density at radius 2 is 1.92 bits per heavy atom. The van der Waals surface area contributed by atoms with Crippen molar-refractivity contribution in [2.24, 2.45) is 18.9 Å². The molecule has 3 heterocycles. The number of likely N-dealkylation sites (tertiary alicyclic amines) is 2. The van der Waals surface area contributed by atoms with Gasteiger partial charge in [-0.15, -0.1) is 0 Å². The Hall–Kier alpha value is -2.34. The van der Waals surface area contributed by atoms with E-state index in [0.29, 0.717) is 18.4 Å². The summed E-state index contributed by atoms with van der Waals surface area (Å²) in [4.78, 5) is 17.2. The zero-order chi connectivity index (χ0) is 17.4. The fourth-order valence-electron chi connectivity index (χ4n) is 4.07. The summed E-state index contributed by atoms with van der Waals surface area (Å²) in [6.07, 6.45) is 3.96. The number of aryl methyl sites for hydroxylation is 1. The molecule has 4 rings (SSSR count). The van der Waals surface area contributed by atoms with Gasteiger partial charge in [0.25, 0.3) is 0 Å². The molecule has 132 valence electrons. The Morgan fingerprint density at radius 1 is 1.12 bits per heavy atom. The molecular formula is C19H24N4O2. The Labute approximate surface area is 148 Å². The quantitative estimate of drug-likeness (QED) is 0.828. The lowest BCUT2D eigenvalue weighted by molar-refractivity contribution is -0.131. The highest BCUT2D eigenvalue weighted by Crippen LogP contribution is 2.33. The molecule has 0 bridgehead atoms. The molecule has 2 aliphatic rings. The van der Waals surface area contributed by atoms with E-state index in [4.69, 9.17) is 4.74 Å². The minimum Gasteiger partial charge on any atom is -0.497 e. The van der Waals surface area contributed by atoms with Crippen LogP contribution in [0.15, 0.2) is 36.7 Å². The van der Waals surface area contributed by atoms with Gasteiger partial charge in [0, 0.05) is 57.4 Å². The van der Waals surface area contributed by atoms with Crippen LogP contribution in [0.2, 0.25) is 0 Å². The average Bonchev–Trinajstić information content (AvgIpc) is 3.27. The fraction of sp³-hybridized carbons (Fsp3) is 0.474. The summed E-state index contributed by atoms with van der Waals surface area (Å²) >= 11 is 0. The van der Waals surface area contributed by atoms with E-state index in [1.54, 1.807) is 7.11 Å². The van der Waals surface area contributed by atoms with Crippen molar-refractivity contribution in [1.29, 1.82) is 0 Å². The standard InChI is InChI=1S/C19H24N4O2/c1-21-8-15(7-20-21)9-22-11-16-12-23(19(24)18(16)13-22)10-14-3-5-17(25-2)6-4-14/h3-8,16,18H,9-13H2,1-2H3/t16-,18+/m0/s1. The van der Waals surface area contributed by atoms with Crippen LogP contribution >= 0.6 is 0 Å². The molecule has 25 heavy (non-hydrogen) atoms. The second-order valence-corrected chi connectivity index (χ2v) is 7.15. The van der Waals surface area contributed by atoms with Crippen molar-refractivity contribution < 1.29 is 9.53 Å². The highest BCUT2D eigenvalue weighted by Gasteiger charge is 2.45. The Kier molecular flexibility index (Phi) is 4.21. The molecule has 0 unspecified atom stereocenters. The second-order valence-electron chi connectivity index (χ2n) is 7.15. The summed E-state index contributed by atoms with van der Waals surface area (Å²) in [6, 6.07) is 7.97. The van der Waals surface area contributed by atoms with E-state index in [1.165, 1.54) is 5.56 Å². The summed E-state index contributed by atoms with van der Waals surface area (Å²) < 4.78 is 7.02. The molecule has 1 amide bonds. The number of carbonyl (C=O) groups is 1. The van der Waals surface area contributed by atoms with Crippen LogP contribution in [0, 0.1) is 11.8 Å². The minimum atomic E-state index is 0.148. The van der Waals surface area contributed by atoms with Gasteiger partial charge in [0.2, 0.25) is 5.91 Å². The molecule has 0 aliphatic carbocycles. The van der Waals surface area contributed by atoms with Gasteiger partial charge in [-0.3, -0.25) is 14.4 Å². The smallest absolute Gasteiger partial charge is 0.227 e. The van der Waals surface area contributed by atoms with Crippen molar-refractivity contribution in [3.8, 4) is 5.75 Å². The van der Waals surface area contributed by atoms with Crippen molar-refractivity contribution in [3.05, 3.63) is 47.8 Å². The molecule has 1 aromatic carbocycles. The number of rotatable bonds is 5. The van der Waals surface area contributed by atoms with Gasteiger partial charge in [-0.2, -0.15) is 5.10 Å². The molecule has 6 nitrogen and oxygen atoms in total. The van der Waals surface area contributed by atoms with Gasteiger partial charge >= 0.3 is 0 Å². The molecule has 0 radical (unpaired) electrons. The van der Waals surface area contributed by atoms with E-state index in [-0.39, 0.29) is 5.92 Å². The van der Waals surface area contributed by atoms with Crippen LogP contribution in [0.4, 0.5) is 0 Å². The van der Waals surface area contributed by atoms with Crippen LogP contribution in [0.1, 0.15) is 11.1 Å². The highest BCUT2D eigenvalue weighted by atomic mass is 16.5. The summed E-state index contributed by atoms with van der Waals surface area (Å²) in [5.41, 5.74) is 2.37. The maximum atomic E-state index is 12.8. The second kappa shape index (κ2) is 6.52. The molecule has 0 spiro atoms. The normalized spacial score (nSPS) is 23.3. The Balaban J connectivity index is 1.35. The SMILES string of the molecule is COc1ccc(CN2C[C@@H]3CN(Cc4cnn(C)c4)C[C@H]3C2=O)cc1. The number of benzene rings is 1. The van der Waals surface area contributed by atoms with Gasteiger partial charge in [0.15, 0.2) is 0 Å². The number of ether oxygens (including phenoxy) is 1. The number of hydrogen-bond donors (Lipinski definition) is 0. The molecule has 2 aromatic rings. The predicted molar refractivity (Wildman–Crippen MR) is 93.9 cm³/mol. The number of carbonyl (C=O) groups excluding carboxylic acids is 1. The fourth-order valence-corrected chi connectivity index (χ4v) is 4.07. The largest absolute Gasteiger partial charge is 0.497 e. The van der Waals surface area contributed by atoms with E-state index in [1.807, 2.05) is 53.3 Å². The third-order valence-corrected chi connectivity index (χ3v) is 5.30. The lowest BCUT2D eigenvalue weighted by Gasteiger charge is -2.21. The zero-order valence-electron chi connectivity index (χ0n) is 14.8. The number of amides is 1. The minimum absolute atomic E-state index is 0.148. The molecule has 2 atom stereocenters. The maximum absolute atomic E-state index is 12.8. The first kappa shape index (κ1) is 16.1. The van der Waals surface area contributed by atoms with Gasteiger partial charge in [-0.05, 0) is 17.7 Å². The first-order valence-electron chi connectivity index (χ1n) is 8.74. The van der Waals surface area contributed by atoms with E-state index in [2.05, 4.69) is 10.00 Å². The average molecular weight is 340 g/mol. The van der Waals surface area contributed by atoms with Gasteiger partial charge < -0.3 is 9.64 Å². The van der Waals surface area contributed by atoms with Crippen molar-refractivity contribution >= 4 is 5.91 Å². The number of fused-ring (bicyclic) bond motifs is 1. The van der Waals surface area contributed by atoms with Crippen LogP contribution < -0.4 is 4.74 Å². The van der Waals surface area contributed by atoms with Gasteiger partial charge in [-0.25, -0.2) is 0 Å². The van der Waals surface area contributed by atoms with Crippen LogP contribution in [0.3, 0.4) is 0 Å². The predicted octanol–water partition coefficient (Wildman–Crippen LogP) is 1.52. The molecule has 1 aromatic heterocycles. The maximum Gasteiger partial charge on any atom is 0.227 e. The third kappa shape index (κ3) is 3.26. The molecule has 0 saturated carbocycles. The van der Waals surface area contributed by atoms with Gasteiger partial charge in [-0.1, -0.05) is 12.1 Å². The zero-order valence-corrected chi connectivity index (χ0v) is 14.8. The number of nitrogens with zero attached hydrogens (tertiary/aromatic N) is 4. The van der Waals surface area contributed by atoms with Crippen molar-refractivity contribution in [3.63, 3.8) is 0 Å². The van der Waals surface area contributed by atoms with E-state index in [0.717, 1.165) is 37.5 Å². The monoisotopic (exact) mass is 340 g/mol. The van der Waals surface area contributed by atoms with Crippen molar-refractivity contribution in [2.75, 3.05) is 26.7 Å². The van der Waals surface area contributed by atoms with E-state index < -0.39 is 0 Å². The Morgan fingerprint density at radius 3 is 2.56 bits per heavy atom. The molecule has 2 fully saturated rings. The summed E-state index contributed by atoms with van der Waals surface area (Å²) in [5, 5.41) is 4.22. The Bertz CT molecular complexity index is 755. The molecule has 0 N–H and O–H groups in total. The van der Waals surface area contributed by atoms with Crippen molar-refractivity contribution in [2.45, 2.75) is 13.1 Å². The number of hydrogen-bond acceptors (Lipinski definition) is 4. The molecule has 2 aliphatic heterocycles. The first-order chi connectivity index (χ1) is 12.1. The third-order valence-electron chi connectivity index (χ3n) is 5.30. The van der Waals surface area contributed by atoms with Crippen LogP contribution in [0.5, 0.6) is 5.75 Å². The van der Waals surface area contributed by atoms with E-state index in [9.17, 15) is 4.79 Å². The van der Waals surface area contributed by atoms with Crippen molar-refractivity contribution in [1.82, 2.24) is 19.6 Å². The van der Waals surface area contributed by atoms with Gasteiger partial charge in [0.05, 0.1) is 19.2 Å². The number of aromatic nitrogens is 2. The molecular weight excluding hydrogens is 316 g/mol. The summed E-state index contributed by atoms with van der Waals surface area (Å²) in [5.74, 6) is 1.74. The van der Waals surface area contributed by atoms with Crippen LogP contribution in [-0.2, 0) is 24.9 Å². The highest BCUT2D eigenvalue weighted by molar-refractivity contribution is 5.82. The first-order valence-corrected chi connectivity index (χ1v) is 8.74.